The summed E-state index contributed by atoms with van der Waals surface area (Å²) in [5, 5.41) is 2.85. The van der Waals surface area contributed by atoms with Crippen molar-refractivity contribution in [2.45, 2.75) is 52.9 Å². The second-order valence-corrected chi connectivity index (χ2v) is 9.34. The van der Waals surface area contributed by atoms with E-state index in [9.17, 15) is 13.2 Å². The molecule has 0 atom stereocenters. The molecule has 1 amide bonds. The van der Waals surface area contributed by atoms with Gasteiger partial charge >= 0.3 is 0 Å². The molecule has 0 saturated heterocycles. The monoisotopic (exact) mass is 368 g/mol. The molecular weight excluding hydrogens is 336 g/mol. The van der Waals surface area contributed by atoms with E-state index in [1.807, 2.05) is 38.1 Å². The van der Waals surface area contributed by atoms with Crippen molar-refractivity contribution in [3.63, 3.8) is 0 Å². The molecule has 25 heavy (non-hydrogen) atoms. The normalized spacial score (nSPS) is 12.3. The minimum absolute atomic E-state index is 0.0116. The summed E-state index contributed by atoms with van der Waals surface area (Å²) >= 11 is 0. The molecule has 6 heteroatoms. The average molecular weight is 369 g/mol. The Bertz CT molecular complexity index is 657. The predicted octanol–water partition coefficient (Wildman–Crippen LogP) is 3.30. The molecule has 0 radical (unpaired) electrons. The summed E-state index contributed by atoms with van der Waals surface area (Å²) < 4.78 is 25.6. The number of hydrogen-bond donors (Lipinski definition) is 1. The smallest absolute Gasteiger partial charge is 0.232 e. The topological polar surface area (TPSA) is 66.5 Å². The van der Waals surface area contributed by atoms with Gasteiger partial charge in [-0.15, -0.1) is 0 Å². The first-order valence-corrected chi connectivity index (χ1v) is 10.7. The van der Waals surface area contributed by atoms with Crippen LogP contribution in [0.5, 0.6) is 0 Å². The van der Waals surface area contributed by atoms with E-state index < -0.39 is 10.0 Å². The Morgan fingerprint density at radius 1 is 1.12 bits per heavy atom. The van der Waals surface area contributed by atoms with Gasteiger partial charge < -0.3 is 5.32 Å². The summed E-state index contributed by atoms with van der Waals surface area (Å²) in [6, 6.07) is 7.56. The molecule has 1 aromatic carbocycles. The molecule has 0 heterocycles. The minimum Gasteiger partial charge on any atom is -0.354 e. The summed E-state index contributed by atoms with van der Waals surface area (Å²) in [5.41, 5.74) is 1.77. The molecule has 0 fully saturated rings. The summed E-state index contributed by atoms with van der Waals surface area (Å²) in [6.07, 6.45) is 2.76. The predicted molar refractivity (Wildman–Crippen MR) is 104 cm³/mol. The number of hydrogen-bond acceptors (Lipinski definition) is 3. The number of nitrogens with one attached hydrogen (secondary N) is 1. The van der Waals surface area contributed by atoms with E-state index in [2.05, 4.69) is 26.1 Å². The molecule has 0 aromatic heterocycles. The van der Waals surface area contributed by atoms with Crippen LogP contribution >= 0.6 is 0 Å². The average Bonchev–Trinajstić information content (AvgIpc) is 2.51. The fourth-order valence-electron chi connectivity index (χ4n) is 2.70. The van der Waals surface area contributed by atoms with Crippen LogP contribution in [0.2, 0.25) is 0 Å². The molecular formula is C19H32N2O3S. The molecule has 0 unspecified atom stereocenters. The van der Waals surface area contributed by atoms with Gasteiger partial charge in [0.15, 0.2) is 0 Å². The number of benzene rings is 1. The Labute approximate surface area is 152 Å². The highest BCUT2D eigenvalue weighted by molar-refractivity contribution is 7.92. The van der Waals surface area contributed by atoms with Crippen molar-refractivity contribution >= 4 is 21.6 Å². The highest BCUT2D eigenvalue weighted by Gasteiger charge is 2.20. The number of carbonyl (C=O) groups excluding carboxylic acids is 1. The third kappa shape index (κ3) is 6.34. The number of carbonyl (C=O) groups is 1. The molecule has 0 spiro atoms. The fourth-order valence-corrected chi connectivity index (χ4v) is 3.63. The van der Waals surface area contributed by atoms with Crippen molar-refractivity contribution in [1.29, 1.82) is 0 Å². The third-order valence-electron chi connectivity index (χ3n) is 4.39. The van der Waals surface area contributed by atoms with Crippen LogP contribution in [0.3, 0.4) is 0 Å². The molecule has 0 aliphatic carbocycles. The van der Waals surface area contributed by atoms with E-state index in [0.717, 1.165) is 18.4 Å². The fraction of sp³-hybridized carbons (Fsp3) is 0.632. The lowest BCUT2D eigenvalue weighted by Gasteiger charge is -2.25. The van der Waals surface area contributed by atoms with Gasteiger partial charge in [0, 0.05) is 12.5 Å². The van der Waals surface area contributed by atoms with Crippen molar-refractivity contribution in [2.24, 2.45) is 5.92 Å². The quantitative estimate of drug-likeness (QED) is 0.765. The van der Waals surface area contributed by atoms with E-state index in [1.54, 1.807) is 0 Å². The standard InChI is InChI=1S/C19H32N2O3S/c1-7-15(8-2)18(22)20-13-14-21(25(6,23)24)17-11-9-16(10-12-17)19(3,4)5/h9-12,15H,7-8,13-14H2,1-6H3,(H,20,22). The first kappa shape index (κ1) is 21.5. The highest BCUT2D eigenvalue weighted by atomic mass is 32.2. The Kier molecular flexibility index (Phi) is 7.47. The summed E-state index contributed by atoms with van der Waals surface area (Å²) in [6.45, 7) is 10.8. The van der Waals surface area contributed by atoms with E-state index in [-0.39, 0.29) is 23.8 Å². The van der Waals surface area contributed by atoms with Gasteiger partial charge in [-0.05, 0) is 36.0 Å². The van der Waals surface area contributed by atoms with Gasteiger partial charge in [-0.3, -0.25) is 9.10 Å². The second-order valence-electron chi connectivity index (χ2n) is 7.44. The van der Waals surface area contributed by atoms with E-state index in [0.29, 0.717) is 12.2 Å². The van der Waals surface area contributed by atoms with Crippen LogP contribution in [0.25, 0.3) is 0 Å². The molecule has 1 rings (SSSR count). The Morgan fingerprint density at radius 3 is 2.04 bits per heavy atom. The zero-order valence-electron chi connectivity index (χ0n) is 16.3. The van der Waals surface area contributed by atoms with Gasteiger partial charge in [-0.25, -0.2) is 8.42 Å². The maximum atomic E-state index is 12.1. The Morgan fingerprint density at radius 2 is 1.64 bits per heavy atom. The molecule has 5 nitrogen and oxygen atoms in total. The van der Waals surface area contributed by atoms with Gasteiger partial charge in [0.25, 0.3) is 0 Å². The van der Waals surface area contributed by atoms with Crippen LogP contribution in [0, 0.1) is 5.92 Å². The van der Waals surface area contributed by atoms with Gasteiger partial charge in [0.2, 0.25) is 15.9 Å². The largest absolute Gasteiger partial charge is 0.354 e. The maximum absolute atomic E-state index is 12.1. The zero-order chi connectivity index (χ0) is 19.3. The van der Waals surface area contributed by atoms with E-state index >= 15 is 0 Å². The lowest BCUT2D eigenvalue weighted by atomic mass is 9.87. The van der Waals surface area contributed by atoms with Crippen LogP contribution in [0.15, 0.2) is 24.3 Å². The first-order valence-electron chi connectivity index (χ1n) is 8.86. The molecule has 0 bridgehead atoms. The number of rotatable bonds is 8. The van der Waals surface area contributed by atoms with Gasteiger partial charge in [-0.2, -0.15) is 0 Å². The third-order valence-corrected chi connectivity index (χ3v) is 5.59. The van der Waals surface area contributed by atoms with Crippen LogP contribution in [0.4, 0.5) is 5.69 Å². The summed E-state index contributed by atoms with van der Waals surface area (Å²) in [5.74, 6) is -0.0284. The van der Waals surface area contributed by atoms with Gasteiger partial charge in [0.1, 0.15) is 0 Å². The molecule has 1 N–H and O–H groups in total. The summed E-state index contributed by atoms with van der Waals surface area (Å²) in [4.78, 5) is 12.0. The maximum Gasteiger partial charge on any atom is 0.232 e. The van der Waals surface area contributed by atoms with Crippen molar-refractivity contribution < 1.29 is 13.2 Å². The Balaban J connectivity index is 2.85. The highest BCUT2D eigenvalue weighted by Crippen LogP contribution is 2.25. The molecule has 142 valence electrons. The van der Waals surface area contributed by atoms with Gasteiger partial charge in [-0.1, -0.05) is 46.8 Å². The lowest BCUT2D eigenvalue weighted by Crippen LogP contribution is -2.40. The van der Waals surface area contributed by atoms with Crippen molar-refractivity contribution in [3.05, 3.63) is 29.8 Å². The molecule has 0 aliphatic heterocycles. The van der Waals surface area contributed by atoms with Crippen LogP contribution in [-0.4, -0.2) is 33.7 Å². The molecule has 0 aliphatic rings. The number of sulfonamides is 1. The molecule has 0 saturated carbocycles. The minimum atomic E-state index is -3.41. The van der Waals surface area contributed by atoms with Gasteiger partial charge in [0.05, 0.1) is 18.5 Å². The van der Waals surface area contributed by atoms with Crippen molar-refractivity contribution in [3.8, 4) is 0 Å². The zero-order valence-corrected chi connectivity index (χ0v) is 17.1. The SMILES string of the molecule is CCC(CC)C(=O)NCCN(c1ccc(C(C)(C)C)cc1)S(C)(=O)=O. The second kappa shape index (κ2) is 8.70. The van der Waals surface area contributed by atoms with Crippen LogP contribution in [0.1, 0.15) is 53.0 Å². The molecule has 1 aromatic rings. The number of anilines is 1. The van der Waals surface area contributed by atoms with Crippen LogP contribution < -0.4 is 9.62 Å². The number of nitrogens with zero attached hydrogens (tertiary/aromatic N) is 1. The van der Waals surface area contributed by atoms with Crippen LogP contribution in [-0.2, 0) is 20.2 Å². The Hall–Kier alpha value is -1.56. The van der Waals surface area contributed by atoms with Crippen molar-refractivity contribution in [1.82, 2.24) is 5.32 Å². The van der Waals surface area contributed by atoms with E-state index in [4.69, 9.17) is 0 Å². The van der Waals surface area contributed by atoms with E-state index in [1.165, 1.54) is 10.6 Å². The van der Waals surface area contributed by atoms with Crippen molar-refractivity contribution in [2.75, 3.05) is 23.7 Å². The lowest BCUT2D eigenvalue weighted by molar-refractivity contribution is -0.125. The first-order chi connectivity index (χ1) is 11.5. The number of amides is 1. The summed E-state index contributed by atoms with van der Waals surface area (Å²) in [7, 11) is -3.41.